The molecule has 1 N–H and O–H groups in total. The largest absolute Gasteiger partial charge is 0.462 e. The lowest BCUT2D eigenvalue weighted by Crippen LogP contribution is -2.28. The molecule has 1 atom stereocenters. The van der Waals surface area contributed by atoms with Gasteiger partial charge in [0.1, 0.15) is 6.61 Å². The molecule has 0 aliphatic rings. The number of allylic oxidation sites excluding steroid dienone is 32. The summed E-state index contributed by atoms with van der Waals surface area (Å²) >= 11 is 0. The van der Waals surface area contributed by atoms with Crippen LogP contribution < -0.4 is 0 Å². The highest BCUT2D eigenvalue weighted by Crippen LogP contribution is 2.16. The molecule has 5 heteroatoms. The van der Waals surface area contributed by atoms with Crippen molar-refractivity contribution in [2.75, 3.05) is 13.2 Å². The summed E-state index contributed by atoms with van der Waals surface area (Å²) in [7, 11) is 0. The van der Waals surface area contributed by atoms with Crippen LogP contribution in [0, 0.1) is 0 Å². The Morgan fingerprint density at radius 1 is 0.274 bits per heavy atom. The van der Waals surface area contributed by atoms with Gasteiger partial charge in [-0.15, -0.1) is 0 Å². The van der Waals surface area contributed by atoms with Gasteiger partial charge in [-0.3, -0.25) is 9.59 Å². The third-order valence-corrected chi connectivity index (χ3v) is 13.9. The molecule has 84 heavy (non-hydrogen) atoms. The van der Waals surface area contributed by atoms with Crippen LogP contribution in [0.4, 0.5) is 0 Å². The van der Waals surface area contributed by atoms with Crippen molar-refractivity contribution in [1.82, 2.24) is 0 Å². The number of hydrogen-bond acceptors (Lipinski definition) is 5. The summed E-state index contributed by atoms with van der Waals surface area (Å²) in [5.74, 6) is -0.628. The molecule has 0 aromatic rings. The average molecular weight is 1150 g/mol. The molecular formula is C79H124O5. The summed E-state index contributed by atoms with van der Waals surface area (Å²) < 4.78 is 10.7. The number of esters is 2. The quantitative estimate of drug-likeness (QED) is 0.0373. The first-order valence-electron chi connectivity index (χ1n) is 34.0. The number of aliphatic hydroxyl groups is 1. The van der Waals surface area contributed by atoms with Crippen LogP contribution in [-0.4, -0.2) is 36.4 Å². The fourth-order valence-electron chi connectivity index (χ4n) is 8.88. The van der Waals surface area contributed by atoms with E-state index < -0.39 is 6.10 Å². The molecule has 0 spiro atoms. The third-order valence-electron chi connectivity index (χ3n) is 13.9. The molecule has 0 bridgehead atoms. The van der Waals surface area contributed by atoms with E-state index in [1.807, 2.05) is 0 Å². The minimum absolute atomic E-state index is 0.0898. The third kappa shape index (κ3) is 69.2. The summed E-state index contributed by atoms with van der Waals surface area (Å²) in [4.78, 5) is 24.6. The summed E-state index contributed by atoms with van der Waals surface area (Å²) in [6.45, 7) is 3.89. The molecule has 0 saturated carbocycles. The second kappa shape index (κ2) is 72.0. The molecule has 0 saturated heterocycles. The van der Waals surface area contributed by atoms with E-state index in [0.717, 1.165) is 154 Å². The molecule has 0 heterocycles. The van der Waals surface area contributed by atoms with E-state index in [1.165, 1.54) is 89.9 Å². The van der Waals surface area contributed by atoms with Crippen molar-refractivity contribution >= 4 is 11.9 Å². The van der Waals surface area contributed by atoms with Gasteiger partial charge in [0.05, 0.1) is 6.61 Å². The van der Waals surface area contributed by atoms with Crippen LogP contribution in [0.15, 0.2) is 194 Å². The normalized spacial score (nSPS) is 13.5. The lowest BCUT2D eigenvalue weighted by molar-refractivity contribution is -0.161. The van der Waals surface area contributed by atoms with Crippen molar-refractivity contribution in [3.8, 4) is 0 Å². The van der Waals surface area contributed by atoms with Crippen LogP contribution in [-0.2, 0) is 19.1 Å². The molecule has 470 valence electrons. The molecule has 1 unspecified atom stereocenters. The average Bonchev–Trinajstić information content (AvgIpc) is 3.51. The fraction of sp³-hybridized carbons (Fsp3) is 0.570. The minimum atomic E-state index is -0.798. The number of ether oxygens (including phenoxy) is 2. The highest BCUT2D eigenvalue weighted by atomic mass is 16.6. The zero-order valence-corrected chi connectivity index (χ0v) is 53.8. The van der Waals surface area contributed by atoms with Crippen molar-refractivity contribution in [2.45, 2.75) is 277 Å². The molecule has 0 rings (SSSR count). The van der Waals surface area contributed by atoms with E-state index in [1.54, 1.807) is 0 Å². The van der Waals surface area contributed by atoms with Crippen molar-refractivity contribution in [3.63, 3.8) is 0 Å². The topological polar surface area (TPSA) is 72.8 Å². The van der Waals surface area contributed by atoms with Crippen LogP contribution in [0.1, 0.15) is 271 Å². The van der Waals surface area contributed by atoms with E-state index in [0.29, 0.717) is 12.8 Å². The standard InChI is InChI=1S/C79H124O5/c1-3-5-7-9-11-13-15-17-19-21-23-25-27-29-31-33-34-35-36-37-38-39-40-41-42-43-44-46-48-50-52-54-56-58-60-62-64-66-68-70-72-74-79(82)84-77(75-80)76-83-78(81)73-71-69-67-65-63-61-59-57-55-53-51-49-47-45-32-30-28-26-24-22-20-18-16-14-12-10-8-6-4-2/h5-8,11-14,17-20,23-26,29-32,34-35,37-38,40-41,47,49,53,55,59,61,77,80H,3-4,9-10,15-16,21-22,27-28,33,36,39,42-46,48,50-52,54,56-58,60,62-76H2,1-2H3/b7-5-,8-6-,13-11-,14-12-,19-17-,20-18-,25-23-,26-24-,31-29-,32-30-,35-34-,38-37-,41-40-,49-47-,55-53-,61-59-. The maximum Gasteiger partial charge on any atom is 0.306 e. The van der Waals surface area contributed by atoms with E-state index in [2.05, 4.69) is 208 Å². The lowest BCUT2D eigenvalue weighted by Gasteiger charge is -2.15. The SMILES string of the molecule is CC/C=C\C/C=C\C/C=C\C/C=C\C/C=C\C/C=C\C/C=C\C/C=C\CCCCCCCCCCCCCCCCCCC(=O)OC(CO)COC(=O)CCCCCC/C=C\C/C=C\C/C=C\C/C=C\C/C=C\C/C=C\C/C=C\C/C=C\CC. The van der Waals surface area contributed by atoms with Gasteiger partial charge in [0, 0.05) is 12.8 Å². The molecule has 0 aromatic carbocycles. The zero-order valence-electron chi connectivity index (χ0n) is 53.8. The van der Waals surface area contributed by atoms with Crippen LogP contribution in [0.25, 0.3) is 0 Å². The number of carbonyl (C=O) groups excluding carboxylic acids is 2. The van der Waals surface area contributed by atoms with Crippen molar-refractivity contribution < 1.29 is 24.2 Å². The lowest BCUT2D eigenvalue weighted by atomic mass is 10.0. The fourth-order valence-corrected chi connectivity index (χ4v) is 8.88. The van der Waals surface area contributed by atoms with Gasteiger partial charge in [0.15, 0.2) is 6.10 Å². The molecule has 0 aromatic heterocycles. The number of carbonyl (C=O) groups is 2. The van der Waals surface area contributed by atoms with Crippen molar-refractivity contribution in [1.29, 1.82) is 0 Å². The Hall–Kier alpha value is -5.26. The predicted molar refractivity (Wildman–Crippen MR) is 370 cm³/mol. The number of unbranched alkanes of at least 4 members (excludes halogenated alkanes) is 20. The number of hydrogen-bond donors (Lipinski definition) is 1. The summed E-state index contributed by atoms with van der Waals surface area (Å²) in [5, 5.41) is 9.69. The second-order valence-electron chi connectivity index (χ2n) is 21.8. The Bertz CT molecular complexity index is 1930. The van der Waals surface area contributed by atoms with Gasteiger partial charge in [-0.05, 0) is 141 Å². The monoisotopic (exact) mass is 1150 g/mol. The Morgan fingerprint density at radius 3 is 0.714 bits per heavy atom. The minimum Gasteiger partial charge on any atom is -0.462 e. The maximum absolute atomic E-state index is 12.4. The van der Waals surface area contributed by atoms with Crippen molar-refractivity contribution in [2.24, 2.45) is 0 Å². The van der Waals surface area contributed by atoms with Crippen LogP contribution in [0.3, 0.4) is 0 Å². The molecule has 0 aliphatic heterocycles. The number of aliphatic hydroxyl groups excluding tert-OH is 1. The second-order valence-corrected chi connectivity index (χ2v) is 21.8. The molecule has 0 aliphatic carbocycles. The highest BCUT2D eigenvalue weighted by molar-refractivity contribution is 5.70. The first-order valence-corrected chi connectivity index (χ1v) is 34.0. The molecule has 5 nitrogen and oxygen atoms in total. The molecule has 0 amide bonds. The Morgan fingerprint density at radius 2 is 0.476 bits per heavy atom. The summed E-state index contributed by atoms with van der Waals surface area (Å²) in [6.07, 6.45) is 114. The molecule has 0 fully saturated rings. The predicted octanol–water partition coefficient (Wildman–Crippen LogP) is 24.0. The Labute approximate surface area is 518 Å². The Kier molecular flexibility index (Phi) is 67.5. The summed E-state index contributed by atoms with van der Waals surface area (Å²) in [6, 6.07) is 0. The van der Waals surface area contributed by atoms with Crippen LogP contribution in [0.5, 0.6) is 0 Å². The van der Waals surface area contributed by atoms with Gasteiger partial charge in [-0.25, -0.2) is 0 Å². The smallest absolute Gasteiger partial charge is 0.306 e. The van der Waals surface area contributed by atoms with Crippen LogP contribution in [0.2, 0.25) is 0 Å². The first-order chi connectivity index (χ1) is 41.6. The first kappa shape index (κ1) is 78.7. The zero-order chi connectivity index (χ0) is 60.5. The van der Waals surface area contributed by atoms with Gasteiger partial charge in [0.25, 0.3) is 0 Å². The van der Waals surface area contributed by atoms with E-state index in [9.17, 15) is 14.7 Å². The highest BCUT2D eigenvalue weighted by Gasteiger charge is 2.16. The van der Waals surface area contributed by atoms with Crippen LogP contribution >= 0.6 is 0 Å². The van der Waals surface area contributed by atoms with Gasteiger partial charge < -0.3 is 14.6 Å². The van der Waals surface area contributed by atoms with Gasteiger partial charge in [0.2, 0.25) is 0 Å². The van der Waals surface area contributed by atoms with Crippen molar-refractivity contribution in [3.05, 3.63) is 194 Å². The van der Waals surface area contributed by atoms with E-state index in [-0.39, 0.29) is 25.2 Å². The molecular weight excluding hydrogens is 1030 g/mol. The van der Waals surface area contributed by atoms with Gasteiger partial charge in [-0.1, -0.05) is 311 Å². The van der Waals surface area contributed by atoms with Gasteiger partial charge in [-0.2, -0.15) is 0 Å². The van der Waals surface area contributed by atoms with Gasteiger partial charge >= 0.3 is 11.9 Å². The Balaban J connectivity index is 3.58. The van der Waals surface area contributed by atoms with E-state index >= 15 is 0 Å². The maximum atomic E-state index is 12.4. The summed E-state index contributed by atoms with van der Waals surface area (Å²) in [5.41, 5.74) is 0. The molecule has 0 radical (unpaired) electrons. The van der Waals surface area contributed by atoms with E-state index in [4.69, 9.17) is 9.47 Å². The number of rotatable bonds is 60.